The van der Waals surface area contributed by atoms with Gasteiger partial charge in [-0.2, -0.15) is 0 Å². The highest BCUT2D eigenvalue weighted by molar-refractivity contribution is 5.68. The Morgan fingerprint density at radius 1 is 0.906 bits per heavy atom. The number of rotatable bonds is 10. The molecule has 0 N–H and O–H groups in total. The van der Waals surface area contributed by atoms with E-state index in [-0.39, 0.29) is 13.2 Å². The van der Waals surface area contributed by atoms with E-state index >= 15 is 0 Å². The zero-order valence-corrected chi connectivity index (χ0v) is 18.0. The number of allylic oxidation sites excluding steroid dienone is 1. The first-order valence-corrected chi connectivity index (χ1v) is 9.86. The van der Waals surface area contributed by atoms with Crippen LogP contribution in [-0.4, -0.2) is 61.5 Å². The van der Waals surface area contributed by atoms with Crippen molar-refractivity contribution in [3.63, 3.8) is 0 Å². The van der Waals surface area contributed by atoms with Crippen molar-refractivity contribution in [2.75, 3.05) is 6.61 Å². The second-order valence-electron chi connectivity index (χ2n) is 6.87. The number of hydrogen-bond acceptors (Lipinski definition) is 10. The van der Waals surface area contributed by atoms with Crippen molar-refractivity contribution in [1.29, 1.82) is 0 Å². The second kappa shape index (κ2) is 12.6. The molecular weight excluding hydrogens is 424 g/mol. The Hall–Kier alpha value is -3.24. The summed E-state index contributed by atoms with van der Waals surface area (Å²) in [7, 11) is 0. The average Bonchev–Trinajstić information content (AvgIpc) is 2.72. The first kappa shape index (κ1) is 25.0. The molecule has 0 aliphatic carbocycles. The van der Waals surface area contributed by atoms with Crippen molar-refractivity contribution in [2.45, 2.75) is 58.1 Å². The predicted octanol–water partition coefficient (Wildman–Crippen LogP) is 1.45. The van der Waals surface area contributed by atoms with Gasteiger partial charge in [-0.1, -0.05) is 30.3 Å². The Kier molecular flexibility index (Phi) is 9.83. The van der Waals surface area contributed by atoms with Gasteiger partial charge in [-0.3, -0.25) is 19.2 Å². The van der Waals surface area contributed by atoms with E-state index in [2.05, 4.69) is 0 Å². The molecule has 1 aliphatic heterocycles. The van der Waals surface area contributed by atoms with E-state index in [1.54, 1.807) is 0 Å². The van der Waals surface area contributed by atoms with Gasteiger partial charge >= 0.3 is 17.9 Å². The maximum absolute atomic E-state index is 11.8. The van der Waals surface area contributed by atoms with E-state index in [0.717, 1.165) is 31.7 Å². The van der Waals surface area contributed by atoms with Gasteiger partial charge in [0.25, 0.3) is 0 Å². The van der Waals surface area contributed by atoms with Crippen molar-refractivity contribution < 1.29 is 47.6 Å². The largest absolute Gasteiger partial charge is 0.468 e. The lowest BCUT2D eigenvalue weighted by Crippen LogP contribution is -2.62. The first-order chi connectivity index (χ1) is 15.3. The molecule has 1 saturated heterocycles. The summed E-state index contributed by atoms with van der Waals surface area (Å²) < 4.78 is 32.9. The SMILES string of the molecule is CC(=O)O[C@@H]1[C@@H](OC(C)=O)[C@@H](O/C=C/C=O)O[C@H](COCc2ccccc2)[C@H]1OC(C)=O. The van der Waals surface area contributed by atoms with E-state index in [0.29, 0.717) is 6.29 Å². The highest BCUT2D eigenvalue weighted by Gasteiger charge is 2.52. The van der Waals surface area contributed by atoms with E-state index in [1.165, 1.54) is 6.92 Å². The highest BCUT2D eigenvalue weighted by atomic mass is 16.7. The van der Waals surface area contributed by atoms with Crippen LogP contribution in [0.4, 0.5) is 0 Å². The minimum Gasteiger partial charge on any atom is -0.468 e. The molecule has 5 atom stereocenters. The summed E-state index contributed by atoms with van der Waals surface area (Å²) in [4.78, 5) is 45.8. The van der Waals surface area contributed by atoms with Crippen LogP contribution in [0.3, 0.4) is 0 Å². The van der Waals surface area contributed by atoms with Crippen molar-refractivity contribution in [3.05, 3.63) is 48.2 Å². The van der Waals surface area contributed by atoms with Gasteiger partial charge in [0.05, 0.1) is 19.5 Å². The molecular formula is C22H26O10. The third kappa shape index (κ3) is 7.78. The highest BCUT2D eigenvalue weighted by Crippen LogP contribution is 2.30. The number of ether oxygens (including phenoxy) is 6. The Labute approximate surface area is 185 Å². The summed E-state index contributed by atoms with van der Waals surface area (Å²) in [6.07, 6.45) is -3.27. The average molecular weight is 450 g/mol. The molecule has 1 aromatic carbocycles. The van der Waals surface area contributed by atoms with Crippen molar-refractivity contribution in [1.82, 2.24) is 0 Å². The van der Waals surface area contributed by atoms with Gasteiger partial charge in [-0.05, 0) is 5.56 Å². The smallest absolute Gasteiger partial charge is 0.303 e. The van der Waals surface area contributed by atoms with Gasteiger partial charge in [0, 0.05) is 26.8 Å². The maximum atomic E-state index is 11.8. The van der Waals surface area contributed by atoms with Crippen LogP contribution in [0.5, 0.6) is 0 Å². The predicted molar refractivity (Wildman–Crippen MR) is 108 cm³/mol. The quantitative estimate of drug-likeness (QED) is 0.170. The molecule has 10 heteroatoms. The molecule has 0 bridgehead atoms. The first-order valence-electron chi connectivity index (χ1n) is 9.86. The Morgan fingerprint density at radius 2 is 1.50 bits per heavy atom. The Balaban J connectivity index is 2.29. The van der Waals surface area contributed by atoms with E-state index < -0.39 is 48.6 Å². The van der Waals surface area contributed by atoms with Crippen LogP contribution in [0.25, 0.3) is 0 Å². The third-order valence-electron chi connectivity index (χ3n) is 4.26. The lowest BCUT2D eigenvalue weighted by atomic mass is 9.98. The Morgan fingerprint density at radius 3 is 2.09 bits per heavy atom. The fourth-order valence-corrected chi connectivity index (χ4v) is 3.12. The monoisotopic (exact) mass is 450 g/mol. The van der Waals surface area contributed by atoms with Gasteiger partial charge in [-0.25, -0.2) is 0 Å². The van der Waals surface area contributed by atoms with Crippen LogP contribution in [-0.2, 0) is 54.2 Å². The van der Waals surface area contributed by atoms with Crippen LogP contribution in [0, 0.1) is 0 Å². The minimum atomic E-state index is -1.28. The van der Waals surface area contributed by atoms with Crippen LogP contribution in [0.1, 0.15) is 26.3 Å². The lowest BCUT2D eigenvalue weighted by molar-refractivity contribution is -0.298. The van der Waals surface area contributed by atoms with E-state index in [1.807, 2.05) is 30.3 Å². The van der Waals surface area contributed by atoms with Crippen molar-refractivity contribution in [3.8, 4) is 0 Å². The van der Waals surface area contributed by atoms with E-state index in [4.69, 9.17) is 28.4 Å². The van der Waals surface area contributed by atoms with Crippen molar-refractivity contribution in [2.24, 2.45) is 0 Å². The third-order valence-corrected chi connectivity index (χ3v) is 4.26. The number of hydrogen-bond donors (Lipinski definition) is 0. The summed E-state index contributed by atoms with van der Waals surface area (Å²) >= 11 is 0. The molecule has 0 unspecified atom stereocenters. The molecule has 0 aromatic heterocycles. The fraction of sp³-hybridized carbons (Fsp3) is 0.455. The topological polar surface area (TPSA) is 124 Å². The van der Waals surface area contributed by atoms with Gasteiger partial charge in [0.2, 0.25) is 12.4 Å². The molecule has 2 rings (SSSR count). The number of esters is 3. The standard InChI is InChI=1S/C22H26O10/c1-14(24)29-19-18(13-27-12-17-8-5-4-6-9-17)32-22(28-11-7-10-23)21(31-16(3)26)20(19)30-15(2)25/h4-11,18-22H,12-13H2,1-3H3/b11-7+/t18-,19-,20+,21-,22+/m1/s1. The Bertz CT molecular complexity index is 806. The summed E-state index contributed by atoms with van der Waals surface area (Å²) in [6.45, 7) is 3.68. The van der Waals surface area contributed by atoms with Crippen LogP contribution in [0.15, 0.2) is 42.7 Å². The van der Waals surface area contributed by atoms with E-state index in [9.17, 15) is 19.2 Å². The summed E-state index contributed by atoms with van der Waals surface area (Å²) in [5.41, 5.74) is 0.906. The molecule has 1 heterocycles. The van der Waals surface area contributed by atoms with Crippen molar-refractivity contribution >= 4 is 24.2 Å². The molecule has 1 fully saturated rings. The van der Waals surface area contributed by atoms with Gasteiger partial charge in [-0.15, -0.1) is 0 Å². The molecule has 0 spiro atoms. The fourth-order valence-electron chi connectivity index (χ4n) is 3.12. The van der Waals surface area contributed by atoms with Crippen LogP contribution in [0.2, 0.25) is 0 Å². The second-order valence-corrected chi connectivity index (χ2v) is 6.87. The number of carbonyl (C=O) groups is 4. The lowest BCUT2D eigenvalue weighted by Gasteiger charge is -2.43. The number of benzene rings is 1. The molecule has 0 amide bonds. The normalized spacial score (nSPS) is 25.0. The molecule has 174 valence electrons. The summed E-state index contributed by atoms with van der Waals surface area (Å²) in [5, 5.41) is 0. The molecule has 1 aromatic rings. The van der Waals surface area contributed by atoms with Crippen LogP contribution >= 0.6 is 0 Å². The maximum Gasteiger partial charge on any atom is 0.303 e. The zero-order chi connectivity index (χ0) is 23.5. The summed E-state index contributed by atoms with van der Waals surface area (Å²) in [5.74, 6) is -2.06. The van der Waals surface area contributed by atoms with Gasteiger partial charge in [0.15, 0.2) is 12.2 Å². The molecule has 0 radical (unpaired) electrons. The number of carbonyl (C=O) groups excluding carboxylic acids is 4. The summed E-state index contributed by atoms with van der Waals surface area (Å²) in [6, 6.07) is 9.35. The van der Waals surface area contributed by atoms with Crippen LogP contribution < -0.4 is 0 Å². The molecule has 1 aliphatic rings. The molecule has 10 nitrogen and oxygen atoms in total. The number of aldehydes is 1. The zero-order valence-electron chi connectivity index (χ0n) is 18.0. The molecule has 32 heavy (non-hydrogen) atoms. The van der Waals surface area contributed by atoms with Gasteiger partial charge < -0.3 is 28.4 Å². The van der Waals surface area contributed by atoms with Gasteiger partial charge in [0.1, 0.15) is 12.4 Å². The minimum absolute atomic E-state index is 0.0609. The molecule has 0 saturated carbocycles.